The van der Waals surface area contributed by atoms with E-state index in [9.17, 15) is 9.59 Å². The Hall–Kier alpha value is -2.11. The van der Waals surface area contributed by atoms with E-state index in [0.29, 0.717) is 16.3 Å². The Kier molecular flexibility index (Phi) is 3.30. The maximum absolute atomic E-state index is 12.1. The number of fused-ring (bicyclic) bond motifs is 1. The van der Waals surface area contributed by atoms with Gasteiger partial charge in [0.15, 0.2) is 0 Å². The number of carbonyl (C=O) groups is 1. The highest BCUT2D eigenvalue weighted by atomic mass is 35.5. The fourth-order valence-electron chi connectivity index (χ4n) is 1.87. The molecular weight excluding hydrogens is 296 g/mol. The fraction of sp³-hybridized carbons (Fsp3) is 0. The lowest BCUT2D eigenvalue weighted by molar-refractivity contribution is 0.102. The van der Waals surface area contributed by atoms with Crippen LogP contribution in [0.1, 0.15) is 10.4 Å². The average Bonchev–Trinajstić information content (AvgIpc) is 2.78. The third kappa shape index (κ3) is 2.45. The van der Waals surface area contributed by atoms with E-state index in [1.807, 2.05) is 0 Å². The molecule has 0 saturated heterocycles. The minimum absolute atomic E-state index is 0.116. The number of rotatable bonds is 2. The molecule has 0 bridgehead atoms. The Morgan fingerprint density at radius 2 is 2.00 bits per heavy atom. The summed E-state index contributed by atoms with van der Waals surface area (Å²) in [7, 11) is 0. The van der Waals surface area contributed by atoms with E-state index in [1.54, 1.807) is 42.5 Å². The Labute approximate surface area is 123 Å². The Morgan fingerprint density at radius 3 is 2.80 bits per heavy atom. The maximum atomic E-state index is 12.1. The van der Waals surface area contributed by atoms with Gasteiger partial charge in [-0.25, -0.2) is 0 Å². The first-order chi connectivity index (χ1) is 9.63. The minimum atomic E-state index is -0.280. The molecular formula is C14H9ClN2O2S. The number of nitrogens with one attached hydrogen (secondary N) is 2. The van der Waals surface area contributed by atoms with Gasteiger partial charge in [-0.2, -0.15) is 0 Å². The normalized spacial score (nSPS) is 10.7. The predicted molar refractivity (Wildman–Crippen MR) is 81.9 cm³/mol. The van der Waals surface area contributed by atoms with Gasteiger partial charge in [0.05, 0.1) is 20.8 Å². The van der Waals surface area contributed by atoms with Crippen molar-refractivity contribution in [1.82, 2.24) is 4.98 Å². The minimum Gasteiger partial charge on any atom is -0.322 e. The number of amides is 1. The fourth-order valence-corrected chi connectivity index (χ4v) is 2.86. The predicted octanol–water partition coefficient (Wildman–Crippen LogP) is 3.50. The van der Waals surface area contributed by atoms with Gasteiger partial charge in [-0.15, -0.1) is 0 Å². The van der Waals surface area contributed by atoms with Gasteiger partial charge in [0.2, 0.25) is 0 Å². The van der Waals surface area contributed by atoms with Crippen molar-refractivity contribution in [2.75, 3.05) is 5.32 Å². The molecule has 3 rings (SSSR count). The molecule has 0 aliphatic carbocycles. The standard InChI is InChI=1S/C14H9ClN2O2S/c15-10-4-2-1-3-9(10)13(18)16-8-5-6-11-12(7-8)20-14(19)17-11/h1-7H,(H,16,18)(H,17,19). The molecule has 3 aromatic rings. The van der Waals surface area contributed by atoms with E-state index in [-0.39, 0.29) is 10.8 Å². The second-order valence-corrected chi connectivity index (χ2v) is 5.58. The van der Waals surface area contributed by atoms with Crippen molar-refractivity contribution >= 4 is 44.7 Å². The quantitative estimate of drug-likeness (QED) is 0.761. The molecule has 6 heteroatoms. The molecule has 0 unspecified atom stereocenters. The van der Waals surface area contributed by atoms with Crippen LogP contribution >= 0.6 is 22.9 Å². The lowest BCUT2D eigenvalue weighted by atomic mass is 10.2. The largest absolute Gasteiger partial charge is 0.322 e. The zero-order valence-corrected chi connectivity index (χ0v) is 11.7. The number of hydrogen-bond donors (Lipinski definition) is 2. The summed E-state index contributed by atoms with van der Waals surface area (Å²) in [5, 5.41) is 3.17. The van der Waals surface area contributed by atoms with Crippen LogP contribution in [0.25, 0.3) is 10.2 Å². The Balaban J connectivity index is 1.91. The second-order valence-electron chi connectivity index (χ2n) is 4.16. The number of aromatic nitrogens is 1. The molecule has 0 aliphatic heterocycles. The van der Waals surface area contributed by atoms with Gasteiger partial charge in [-0.3, -0.25) is 9.59 Å². The molecule has 4 nitrogen and oxygen atoms in total. The lowest BCUT2D eigenvalue weighted by Crippen LogP contribution is -2.12. The Morgan fingerprint density at radius 1 is 1.20 bits per heavy atom. The summed E-state index contributed by atoms with van der Waals surface area (Å²) in [5.74, 6) is -0.280. The zero-order chi connectivity index (χ0) is 14.1. The van der Waals surface area contributed by atoms with Gasteiger partial charge in [0, 0.05) is 5.69 Å². The van der Waals surface area contributed by atoms with Crippen LogP contribution in [-0.4, -0.2) is 10.9 Å². The van der Waals surface area contributed by atoms with Gasteiger partial charge < -0.3 is 10.3 Å². The average molecular weight is 305 g/mol. The number of hydrogen-bond acceptors (Lipinski definition) is 3. The van der Waals surface area contributed by atoms with Crippen LogP contribution < -0.4 is 10.2 Å². The first-order valence-electron chi connectivity index (χ1n) is 5.82. The monoisotopic (exact) mass is 304 g/mol. The second kappa shape index (κ2) is 5.11. The van der Waals surface area contributed by atoms with Crippen LogP contribution in [0.3, 0.4) is 0 Å². The van der Waals surface area contributed by atoms with E-state index in [4.69, 9.17) is 11.6 Å². The molecule has 0 radical (unpaired) electrons. The summed E-state index contributed by atoms with van der Waals surface area (Å²) in [6.07, 6.45) is 0. The van der Waals surface area contributed by atoms with Gasteiger partial charge >= 0.3 is 4.87 Å². The number of H-pyrrole nitrogens is 1. The summed E-state index contributed by atoms with van der Waals surface area (Å²) in [6.45, 7) is 0. The number of thiazole rings is 1. The number of halogens is 1. The van der Waals surface area contributed by atoms with Crippen LogP contribution in [0.2, 0.25) is 5.02 Å². The molecule has 0 saturated carbocycles. The van der Waals surface area contributed by atoms with E-state index < -0.39 is 0 Å². The van der Waals surface area contributed by atoms with Crippen molar-refractivity contribution < 1.29 is 4.79 Å². The van der Waals surface area contributed by atoms with E-state index in [0.717, 1.165) is 21.6 Å². The van der Waals surface area contributed by atoms with Crippen molar-refractivity contribution in [1.29, 1.82) is 0 Å². The molecule has 0 spiro atoms. The summed E-state index contributed by atoms with van der Waals surface area (Å²) in [5.41, 5.74) is 1.80. The van der Waals surface area contributed by atoms with Crippen LogP contribution in [0.5, 0.6) is 0 Å². The van der Waals surface area contributed by atoms with Crippen LogP contribution in [0, 0.1) is 0 Å². The van der Waals surface area contributed by atoms with E-state index in [2.05, 4.69) is 10.3 Å². The van der Waals surface area contributed by atoms with Crippen LogP contribution in [0.4, 0.5) is 5.69 Å². The summed E-state index contributed by atoms with van der Waals surface area (Å²) >= 11 is 7.08. The number of carbonyl (C=O) groups excluding carboxylic acids is 1. The zero-order valence-electron chi connectivity index (χ0n) is 10.1. The highest BCUT2D eigenvalue weighted by molar-refractivity contribution is 7.16. The van der Waals surface area contributed by atoms with Gasteiger partial charge in [-0.05, 0) is 30.3 Å². The summed E-state index contributed by atoms with van der Waals surface area (Å²) in [6, 6.07) is 12.1. The molecule has 2 N–H and O–H groups in total. The summed E-state index contributed by atoms with van der Waals surface area (Å²) < 4.78 is 0.798. The van der Waals surface area contributed by atoms with E-state index >= 15 is 0 Å². The van der Waals surface area contributed by atoms with Crippen LogP contribution in [0.15, 0.2) is 47.3 Å². The molecule has 0 atom stereocenters. The van der Waals surface area contributed by atoms with Crippen molar-refractivity contribution in [3.63, 3.8) is 0 Å². The van der Waals surface area contributed by atoms with E-state index in [1.165, 1.54) is 0 Å². The van der Waals surface area contributed by atoms with Gasteiger partial charge in [-0.1, -0.05) is 35.1 Å². The first kappa shape index (κ1) is 12.9. The molecule has 1 heterocycles. The van der Waals surface area contributed by atoms with Gasteiger partial charge in [0.25, 0.3) is 5.91 Å². The Bertz CT molecular complexity index is 854. The number of aromatic amines is 1. The molecule has 1 amide bonds. The molecule has 0 aliphatic rings. The maximum Gasteiger partial charge on any atom is 0.305 e. The lowest BCUT2D eigenvalue weighted by Gasteiger charge is -2.06. The SMILES string of the molecule is O=C(Nc1ccc2[nH]c(=O)sc2c1)c1ccccc1Cl. The third-order valence-electron chi connectivity index (χ3n) is 2.80. The summed E-state index contributed by atoms with van der Waals surface area (Å²) in [4.78, 5) is 26.0. The molecule has 100 valence electrons. The van der Waals surface area contributed by atoms with Crippen molar-refractivity contribution in [3.05, 3.63) is 62.7 Å². The van der Waals surface area contributed by atoms with Gasteiger partial charge in [0.1, 0.15) is 0 Å². The smallest absolute Gasteiger partial charge is 0.305 e. The highest BCUT2D eigenvalue weighted by Gasteiger charge is 2.10. The van der Waals surface area contributed by atoms with Crippen LogP contribution in [-0.2, 0) is 0 Å². The first-order valence-corrected chi connectivity index (χ1v) is 7.02. The molecule has 20 heavy (non-hydrogen) atoms. The molecule has 0 fully saturated rings. The topological polar surface area (TPSA) is 62.0 Å². The number of benzene rings is 2. The third-order valence-corrected chi connectivity index (χ3v) is 3.97. The van der Waals surface area contributed by atoms with Crippen molar-refractivity contribution in [2.24, 2.45) is 0 Å². The number of anilines is 1. The molecule has 1 aromatic heterocycles. The highest BCUT2D eigenvalue weighted by Crippen LogP contribution is 2.21. The molecule has 2 aromatic carbocycles. The van der Waals surface area contributed by atoms with Crippen molar-refractivity contribution in [3.8, 4) is 0 Å². The van der Waals surface area contributed by atoms with Crippen molar-refractivity contribution in [2.45, 2.75) is 0 Å².